The maximum Gasteiger partial charge on any atom is 0.264 e. The van der Waals surface area contributed by atoms with Crippen molar-refractivity contribution in [1.82, 2.24) is 5.32 Å². The Bertz CT molecular complexity index is 890. The van der Waals surface area contributed by atoms with Gasteiger partial charge < -0.3 is 5.32 Å². The zero-order valence-corrected chi connectivity index (χ0v) is 17.3. The molecular formula is C21H28N2O3S. The Morgan fingerprint density at radius 3 is 2.26 bits per heavy atom. The van der Waals surface area contributed by atoms with E-state index in [1.807, 2.05) is 33.8 Å². The second-order valence-corrected chi connectivity index (χ2v) is 8.66. The van der Waals surface area contributed by atoms with Gasteiger partial charge in [0.15, 0.2) is 0 Å². The Hall–Kier alpha value is -2.34. The second kappa shape index (κ2) is 9.04. The van der Waals surface area contributed by atoms with Gasteiger partial charge in [-0.25, -0.2) is 8.42 Å². The number of hydrogen-bond donors (Lipinski definition) is 1. The number of rotatable bonds is 8. The van der Waals surface area contributed by atoms with Crippen molar-refractivity contribution < 1.29 is 13.2 Å². The number of amides is 1. The normalized spacial score (nSPS) is 11.3. The summed E-state index contributed by atoms with van der Waals surface area (Å²) >= 11 is 0. The van der Waals surface area contributed by atoms with E-state index in [1.165, 1.54) is 4.31 Å². The van der Waals surface area contributed by atoms with Gasteiger partial charge in [-0.3, -0.25) is 9.10 Å². The SMILES string of the molecule is CCCCNC(=O)CN(c1ccc(C)c(C)c1)S(=O)(=O)c1ccc(C)cc1. The molecule has 27 heavy (non-hydrogen) atoms. The molecule has 0 heterocycles. The molecule has 0 radical (unpaired) electrons. The van der Waals surface area contributed by atoms with E-state index in [0.29, 0.717) is 12.2 Å². The van der Waals surface area contributed by atoms with E-state index in [9.17, 15) is 13.2 Å². The third-order valence-electron chi connectivity index (χ3n) is 4.53. The van der Waals surface area contributed by atoms with Crippen molar-refractivity contribution in [2.75, 3.05) is 17.4 Å². The van der Waals surface area contributed by atoms with Crippen LogP contribution in [-0.2, 0) is 14.8 Å². The first-order valence-electron chi connectivity index (χ1n) is 9.19. The van der Waals surface area contributed by atoms with Crippen molar-refractivity contribution in [2.24, 2.45) is 0 Å². The Morgan fingerprint density at radius 2 is 1.67 bits per heavy atom. The molecule has 146 valence electrons. The van der Waals surface area contributed by atoms with Crippen LogP contribution in [0.3, 0.4) is 0 Å². The van der Waals surface area contributed by atoms with Crippen LogP contribution in [0.5, 0.6) is 0 Å². The summed E-state index contributed by atoms with van der Waals surface area (Å²) in [4.78, 5) is 12.5. The summed E-state index contributed by atoms with van der Waals surface area (Å²) in [5.41, 5.74) is 3.51. The molecule has 2 aromatic carbocycles. The number of nitrogens with one attached hydrogen (secondary N) is 1. The van der Waals surface area contributed by atoms with Crippen molar-refractivity contribution in [2.45, 2.75) is 45.4 Å². The fourth-order valence-electron chi connectivity index (χ4n) is 2.62. The Balaban J connectivity index is 2.40. The van der Waals surface area contributed by atoms with Crippen LogP contribution in [-0.4, -0.2) is 27.4 Å². The molecular weight excluding hydrogens is 360 g/mol. The summed E-state index contributed by atoms with van der Waals surface area (Å²) in [6.45, 7) is 8.13. The lowest BCUT2D eigenvalue weighted by Crippen LogP contribution is -2.41. The number of nitrogens with zero attached hydrogens (tertiary/aromatic N) is 1. The van der Waals surface area contributed by atoms with Gasteiger partial charge in [0.1, 0.15) is 6.54 Å². The molecule has 0 fully saturated rings. The van der Waals surface area contributed by atoms with Crippen LogP contribution < -0.4 is 9.62 Å². The zero-order valence-electron chi connectivity index (χ0n) is 16.5. The summed E-state index contributed by atoms with van der Waals surface area (Å²) in [7, 11) is -3.85. The first-order valence-corrected chi connectivity index (χ1v) is 10.6. The highest BCUT2D eigenvalue weighted by atomic mass is 32.2. The molecule has 2 rings (SSSR count). The molecule has 0 saturated carbocycles. The monoisotopic (exact) mass is 388 g/mol. The van der Waals surface area contributed by atoms with Gasteiger partial charge in [-0.1, -0.05) is 37.1 Å². The molecule has 5 nitrogen and oxygen atoms in total. The van der Waals surface area contributed by atoms with Crippen molar-refractivity contribution in [3.05, 3.63) is 59.2 Å². The molecule has 0 aromatic heterocycles. The minimum absolute atomic E-state index is 0.174. The molecule has 0 saturated heterocycles. The molecule has 0 spiro atoms. The van der Waals surface area contributed by atoms with Crippen LogP contribution in [0.1, 0.15) is 36.5 Å². The van der Waals surface area contributed by atoms with Gasteiger partial charge in [0.05, 0.1) is 10.6 Å². The van der Waals surface area contributed by atoms with E-state index in [4.69, 9.17) is 0 Å². The Kier molecular flexibility index (Phi) is 7.02. The standard InChI is InChI=1S/C21H28N2O3S/c1-5-6-13-22-21(24)15-23(19-10-9-17(3)18(4)14-19)27(25,26)20-11-7-16(2)8-12-20/h7-12,14H,5-6,13,15H2,1-4H3,(H,22,24). The number of carbonyl (C=O) groups excluding carboxylic acids is 1. The molecule has 2 aromatic rings. The average Bonchev–Trinajstić information content (AvgIpc) is 2.62. The summed E-state index contributed by atoms with van der Waals surface area (Å²) in [6, 6.07) is 12.1. The highest BCUT2D eigenvalue weighted by Crippen LogP contribution is 2.25. The van der Waals surface area contributed by atoms with Crippen LogP contribution >= 0.6 is 0 Å². The molecule has 0 aliphatic carbocycles. The van der Waals surface area contributed by atoms with Gasteiger partial charge in [0, 0.05) is 6.54 Å². The predicted octanol–water partition coefficient (Wildman–Crippen LogP) is 3.72. The van der Waals surface area contributed by atoms with Crippen LogP contribution in [0, 0.1) is 20.8 Å². The molecule has 0 unspecified atom stereocenters. The zero-order chi connectivity index (χ0) is 20.0. The van der Waals surface area contributed by atoms with Crippen molar-refractivity contribution in [3.8, 4) is 0 Å². The fourth-order valence-corrected chi connectivity index (χ4v) is 4.04. The van der Waals surface area contributed by atoms with Crippen molar-refractivity contribution in [3.63, 3.8) is 0 Å². The predicted molar refractivity (Wildman–Crippen MR) is 110 cm³/mol. The van der Waals surface area contributed by atoms with E-state index in [2.05, 4.69) is 5.32 Å². The minimum atomic E-state index is -3.85. The first-order chi connectivity index (χ1) is 12.8. The van der Waals surface area contributed by atoms with E-state index in [1.54, 1.807) is 36.4 Å². The van der Waals surface area contributed by atoms with E-state index in [-0.39, 0.29) is 17.3 Å². The van der Waals surface area contributed by atoms with E-state index >= 15 is 0 Å². The number of anilines is 1. The molecule has 0 aliphatic rings. The number of carbonyl (C=O) groups is 1. The maximum absolute atomic E-state index is 13.3. The molecule has 1 N–H and O–H groups in total. The number of sulfonamides is 1. The van der Waals surface area contributed by atoms with Gasteiger partial charge in [0.25, 0.3) is 10.0 Å². The molecule has 0 atom stereocenters. The van der Waals surface area contributed by atoms with Crippen molar-refractivity contribution >= 4 is 21.6 Å². The molecule has 1 amide bonds. The first kappa shape index (κ1) is 21.0. The van der Waals surface area contributed by atoms with Gasteiger partial charge >= 0.3 is 0 Å². The van der Waals surface area contributed by atoms with Gasteiger partial charge in [0.2, 0.25) is 5.91 Å². The lowest BCUT2D eigenvalue weighted by atomic mass is 10.1. The van der Waals surface area contributed by atoms with Crippen LogP contribution in [0.25, 0.3) is 0 Å². The average molecular weight is 389 g/mol. The summed E-state index contributed by atoms with van der Waals surface area (Å²) in [5.74, 6) is -0.308. The number of hydrogen-bond acceptors (Lipinski definition) is 3. The third kappa shape index (κ3) is 5.32. The summed E-state index contributed by atoms with van der Waals surface area (Å²) in [5, 5.41) is 2.80. The van der Waals surface area contributed by atoms with Gasteiger partial charge in [-0.15, -0.1) is 0 Å². The number of aryl methyl sites for hydroxylation is 3. The van der Waals surface area contributed by atoms with E-state index in [0.717, 1.165) is 29.5 Å². The Morgan fingerprint density at radius 1 is 1.00 bits per heavy atom. The lowest BCUT2D eigenvalue weighted by Gasteiger charge is -2.25. The van der Waals surface area contributed by atoms with Gasteiger partial charge in [-0.2, -0.15) is 0 Å². The second-order valence-electron chi connectivity index (χ2n) is 6.80. The van der Waals surface area contributed by atoms with Crippen molar-refractivity contribution in [1.29, 1.82) is 0 Å². The minimum Gasteiger partial charge on any atom is -0.355 e. The summed E-state index contributed by atoms with van der Waals surface area (Å²) in [6.07, 6.45) is 1.82. The molecule has 6 heteroatoms. The smallest absolute Gasteiger partial charge is 0.264 e. The largest absolute Gasteiger partial charge is 0.355 e. The van der Waals surface area contributed by atoms with Crippen LogP contribution in [0.4, 0.5) is 5.69 Å². The lowest BCUT2D eigenvalue weighted by molar-refractivity contribution is -0.119. The topological polar surface area (TPSA) is 66.5 Å². The maximum atomic E-state index is 13.3. The quantitative estimate of drug-likeness (QED) is 0.701. The van der Waals surface area contributed by atoms with Crippen LogP contribution in [0.15, 0.2) is 47.4 Å². The van der Waals surface area contributed by atoms with Crippen LogP contribution in [0.2, 0.25) is 0 Å². The molecule has 0 bridgehead atoms. The third-order valence-corrected chi connectivity index (χ3v) is 6.32. The van der Waals surface area contributed by atoms with Gasteiger partial charge in [-0.05, 0) is 62.6 Å². The number of benzene rings is 2. The highest BCUT2D eigenvalue weighted by Gasteiger charge is 2.27. The van der Waals surface area contributed by atoms with E-state index < -0.39 is 10.0 Å². The fraction of sp³-hybridized carbons (Fsp3) is 0.381. The Labute approximate surface area is 162 Å². The summed E-state index contributed by atoms with van der Waals surface area (Å²) < 4.78 is 27.7. The highest BCUT2D eigenvalue weighted by molar-refractivity contribution is 7.92. The molecule has 0 aliphatic heterocycles. The number of unbranched alkanes of at least 4 members (excludes halogenated alkanes) is 1.